The lowest BCUT2D eigenvalue weighted by atomic mass is 10.0. The largest absolute Gasteiger partial charge is 0.329 e. The van der Waals surface area contributed by atoms with E-state index in [1.807, 2.05) is 0 Å². The van der Waals surface area contributed by atoms with E-state index in [2.05, 4.69) is 18.7 Å². The second-order valence-corrected chi connectivity index (χ2v) is 5.79. The summed E-state index contributed by atoms with van der Waals surface area (Å²) in [4.78, 5) is 2.37. The minimum absolute atomic E-state index is 0.0823. The first-order valence-corrected chi connectivity index (χ1v) is 7.38. The van der Waals surface area contributed by atoms with Gasteiger partial charge in [-0.2, -0.15) is 0 Å². The molecule has 1 fully saturated rings. The molecule has 106 valence electrons. The third kappa shape index (κ3) is 2.93. The van der Waals surface area contributed by atoms with Gasteiger partial charge in [-0.1, -0.05) is 18.5 Å². The number of hydrogen-bond donors (Lipinski definition) is 1. The first kappa shape index (κ1) is 14.8. The van der Waals surface area contributed by atoms with Crippen LogP contribution in [0.2, 0.25) is 5.02 Å². The maximum Gasteiger partial charge on any atom is 0.128 e. The zero-order valence-corrected chi connectivity index (χ0v) is 12.3. The molecule has 2 N–H and O–H groups in total. The molecule has 1 aliphatic rings. The molecule has 1 aromatic rings. The van der Waals surface area contributed by atoms with Crippen molar-refractivity contribution in [3.05, 3.63) is 34.6 Å². The van der Waals surface area contributed by atoms with Gasteiger partial charge < -0.3 is 5.73 Å². The Labute approximate surface area is 119 Å². The van der Waals surface area contributed by atoms with Gasteiger partial charge in [0, 0.05) is 29.2 Å². The number of likely N-dealkylation sites (tertiary alicyclic amines) is 1. The summed E-state index contributed by atoms with van der Waals surface area (Å²) in [5.74, 6) is -0.214. The highest BCUT2D eigenvalue weighted by molar-refractivity contribution is 6.30. The summed E-state index contributed by atoms with van der Waals surface area (Å²) in [5, 5.41) is 0.565. The maximum atomic E-state index is 14.1. The Kier molecular flexibility index (Phi) is 4.82. The molecular weight excluding hydrogens is 263 g/mol. The van der Waals surface area contributed by atoms with Crippen molar-refractivity contribution in [3.63, 3.8) is 0 Å². The van der Waals surface area contributed by atoms with Crippen LogP contribution in [0.4, 0.5) is 4.39 Å². The maximum absolute atomic E-state index is 14.1. The molecule has 0 aromatic heterocycles. The predicted octanol–water partition coefficient (Wildman–Crippen LogP) is 3.74. The zero-order chi connectivity index (χ0) is 14.0. The average Bonchev–Trinajstić information content (AvgIpc) is 2.76. The van der Waals surface area contributed by atoms with Gasteiger partial charge in [0.2, 0.25) is 0 Å². The van der Waals surface area contributed by atoms with Crippen LogP contribution >= 0.6 is 11.6 Å². The standard InChI is InChI=1S/C15H22ClFN2/c1-3-12-6-4-10(2)19(12)15(9-18)13-8-11(16)5-7-14(13)17/h5,7-8,10,12,15H,3-4,6,9,18H2,1-2H3. The minimum atomic E-state index is -0.214. The van der Waals surface area contributed by atoms with Crippen molar-refractivity contribution >= 4 is 11.6 Å². The summed E-state index contributed by atoms with van der Waals surface area (Å²) in [6, 6.07) is 5.58. The van der Waals surface area contributed by atoms with Crippen LogP contribution in [0.3, 0.4) is 0 Å². The molecule has 19 heavy (non-hydrogen) atoms. The molecule has 0 radical (unpaired) electrons. The van der Waals surface area contributed by atoms with Crippen LogP contribution in [-0.4, -0.2) is 23.5 Å². The molecule has 0 bridgehead atoms. The Morgan fingerprint density at radius 2 is 2.21 bits per heavy atom. The van der Waals surface area contributed by atoms with Gasteiger partial charge in [0.15, 0.2) is 0 Å². The van der Waals surface area contributed by atoms with E-state index in [4.69, 9.17) is 17.3 Å². The number of nitrogens with zero attached hydrogens (tertiary/aromatic N) is 1. The summed E-state index contributed by atoms with van der Waals surface area (Å²) in [6.07, 6.45) is 3.39. The lowest BCUT2D eigenvalue weighted by Crippen LogP contribution is -2.41. The van der Waals surface area contributed by atoms with Gasteiger partial charge in [-0.05, 0) is 44.4 Å². The fraction of sp³-hybridized carbons (Fsp3) is 0.600. The molecule has 0 amide bonds. The van der Waals surface area contributed by atoms with E-state index in [9.17, 15) is 4.39 Å². The fourth-order valence-corrected chi connectivity index (χ4v) is 3.43. The van der Waals surface area contributed by atoms with Crippen LogP contribution in [0.1, 0.15) is 44.7 Å². The van der Waals surface area contributed by atoms with Crippen LogP contribution < -0.4 is 5.73 Å². The van der Waals surface area contributed by atoms with E-state index in [0.717, 1.165) is 19.3 Å². The van der Waals surface area contributed by atoms with Gasteiger partial charge in [-0.25, -0.2) is 4.39 Å². The van der Waals surface area contributed by atoms with E-state index in [1.165, 1.54) is 6.07 Å². The summed E-state index contributed by atoms with van der Waals surface area (Å²) < 4.78 is 14.1. The molecule has 0 aliphatic carbocycles. The molecule has 1 heterocycles. The number of nitrogens with two attached hydrogens (primary N) is 1. The highest BCUT2D eigenvalue weighted by atomic mass is 35.5. The summed E-state index contributed by atoms with van der Waals surface area (Å²) in [5.41, 5.74) is 6.56. The smallest absolute Gasteiger partial charge is 0.128 e. The van der Waals surface area contributed by atoms with Crippen molar-refractivity contribution in [2.75, 3.05) is 6.54 Å². The van der Waals surface area contributed by atoms with Crippen LogP contribution in [0.25, 0.3) is 0 Å². The van der Waals surface area contributed by atoms with Crippen molar-refractivity contribution in [3.8, 4) is 0 Å². The molecule has 2 nitrogen and oxygen atoms in total. The van der Waals surface area contributed by atoms with Crippen LogP contribution in [0, 0.1) is 5.82 Å². The quantitative estimate of drug-likeness (QED) is 0.912. The normalized spacial score (nSPS) is 25.7. The topological polar surface area (TPSA) is 29.3 Å². The van der Waals surface area contributed by atoms with Crippen molar-refractivity contribution < 1.29 is 4.39 Å². The molecule has 1 aromatic carbocycles. The van der Waals surface area contributed by atoms with E-state index in [-0.39, 0.29) is 11.9 Å². The van der Waals surface area contributed by atoms with Crippen LogP contribution in [0.5, 0.6) is 0 Å². The van der Waals surface area contributed by atoms with Gasteiger partial charge in [0.25, 0.3) is 0 Å². The lowest BCUT2D eigenvalue weighted by molar-refractivity contribution is 0.134. The van der Waals surface area contributed by atoms with E-state index >= 15 is 0 Å². The van der Waals surface area contributed by atoms with E-state index < -0.39 is 0 Å². The molecule has 1 saturated heterocycles. The van der Waals surface area contributed by atoms with E-state index in [0.29, 0.717) is 29.2 Å². The molecule has 0 saturated carbocycles. The van der Waals surface area contributed by atoms with Crippen LogP contribution in [0.15, 0.2) is 18.2 Å². The zero-order valence-electron chi connectivity index (χ0n) is 11.6. The Morgan fingerprint density at radius 1 is 1.47 bits per heavy atom. The summed E-state index contributed by atoms with van der Waals surface area (Å²) >= 11 is 6.01. The monoisotopic (exact) mass is 284 g/mol. The second-order valence-electron chi connectivity index (χ2n) is 5.35. The summed E-state index contributed by atoms with van der Waals surface area (Å²) in [6.45, 7) is 4.79. The molecule has 1 aliphatic heterocycles. The van der Waals surface area contributed by atoms with Crippen molar-refractivity contribution in [2.45, 2.75) is 51.2 Å². The molecule has 3 atom stereocenters. The predicted molar refractivity (Wildman–Crippen MR) is 77.8 cm³/mol. The number of benzene rings is 1. The SMILES string of the molecule is CCC1CCC(C)N1C(CN)c1cc(Cl)ccc1F. The molecule has 0 spiro atoms. The number of halogens is 2. The highest BCUT2D eigenvalue weighted by Gasteiger charge is 2.35. The van der Waals surface area contributed by atoms with Gasteiger partial charge in [-0.3, -0.25) is 4.90 Å². The molecule has 2 rings (SSSR count). The minimum Gasteiger partial charge on any atom is -0.329 e. The van der Waals surface area contributed by atoms with Crippen molar-refractivity contribution in [1.82, 2.24) is 4.90 Å². The first-order chi connectivity index (χ1) is 9.08. The third-order valence-electron chi connectivity index (χ3n) is 4.22. The van der Waals surface area contributed by atoms with Crippen molar-refractivity contribution in [1.29, 1.82) is 0 Å². The van der Waals surface area contributed by atoms with Crippen LogP contribution in [-0.2, 0) is 0 Å². The van der Waals surface area contributed by atoms with Gasteiger partial charge in [0.1, 0.15) is 5.82 Å². The van der Waals surface area contributed by atoms with E-state index in [1.54, 1.807) is 12.1 Å². The lowest BCUT2D eigenvalue weighted by Gasteiger charge is -2.36. The summed E-state index contributed by atoms with van der Waals surface area (Å²) in [7, 11) is 0. The molecular formula is C15H22ClFN2. The second kappa shape index (κ2) is 6.21. The Morgan fingerprint density at radius 3 is 2.84 bits per heavy atom. The van der Waals surface area contributed by atoms with Gasteiger partial charge in [0.05, 0.1) is 6.04 Å². The Bertz CT molecular complexity index is 438. The molecule has 3 unspecified atom stereocenters. The van der Waals surface area contributed by atoms with Gasteiger partial charge >= 0.3 is 0 Å². The average molecular weight is 285 g/mol. The fourth-order valence-electron chi connectivity index (χ4n) is 3.25. The van der Waals surface area contributed by atoms with Crippen molar-refractivity contribution in [2.24, 2.45) is 5.73 Å². The third-order valence-corrected chi connectivity index (χ3v) is 4.45. The number of rotatable bonds is 4. The molecule has 4 heteroatoms. The number of hydrogen-bond acceptors (Lipinski definition) is 2. The Balaban J connectivity index is 2.35. The first-order valence-electron chi connectivity index (χ1n) is 7.00. The highest BCUT2D eigenvalue weighted by Crippen LogP contribution is 2.36. The van der Waals surface area contributed by atoms with Gasteiger partial charge in [-0.15, -0.1) is 0 Å². The Hall–Kier alpha value is -0.640.